The van der Waals surface area contributed by atoms with Crippen molar-refractivity contribution in [3.05, 3.63) is 46.2 Å². The van der Waals surface area contributed by atoms with E-state index in [4.69, 9.17) is 14.2 Å². The molecule has 0 spiro atoms. The molecular weight excluding hydrogens is 354 g/mol. The summed E-state index contributed by atoms with van der Waals surface area (Å²) in [6.07, 6.45) is 0. The molecule has 0 bridgehead atoms. The summed E-state index contributed by atoms with van der Waals surface area (Å²) >= 11 is 1.40. The lowest BCUT2D eigenvalue weighted by Gasteiger charge is -2.25. The Morgan fingerprint density at radius 1 is 1.19 bits per heavy atom. The van der Waals surface area contributed by atoms with Crippen molar-refractivity contribution >= 4 is 23.2 Å². The second-order valence-electron chi connectivity index (χ2n) is 6.28. The van der Waals surface area contributed by atoms with Crippen LogP contribution in [0.2, 0.25) is 0 Å². The minimum atomic E-state index is -0.498. The van der Waals surface area contributed by atoms with Gasteiger partial charge in [-0.1, -0.05) is 19.9 Å². The Hall–Kier alpha value is -2.54. The minimum absolute atomic E-state index is 0.147. The Kier molecular flexibility index (Phi) is 5.78. The molecule has 2 heterocycles. The fraction of sp³-hybridized carbons (Fsp3) is 0.368. The van der Waals surface area contributed by atoms with Gasteiger partial charge in [0.15, 0.2) is 18.1 Å². The van der Waals surface area contributed by atoms with Crippen molar-refractivity contribution in [1.82, 2.24) is 5.32 Å². The Labute approximate surface area is 156 Å². The van der Waals surface area contributed by atoms with E-state index in [1.807, 2.05) is 32.0 Å². The fourth-order valence-corrected chi connectivity index (χ4v) is 3.32. The van der Waals surface area contributed by atoms with Crippen LogP contribution in [0.3, 0.4) is 0 Å². The van der Waals surface area contributed by atoms with Crippen LogP contribution in [0.25, 0.3) is 0 Å². The van der Waals surface area contributed by atoms with E-state index >= 15 is 0 Å². The summed E-state index contributed by atoms with van der Waals surface area (Å²) in [5.41, 5.74) is 1.37. The first-order valence-corrected chi connectivity index (χ1v) is 9.37. The predicted molar refractivity (Wildman–Crippen MR) is 97.8 cm³/mol. The van der Waals surface area contributed by atoms with Gasteiger partial charge in [-0.3, -0.25) is 4.79 Å². The molecule has 1 N–H and O–H groups in total. The quantitative estimate of drug-likeness (QED) is 0.785. The highest BCUT2D eigenvalue weighted by atomic mass is 32.1. The highest BCUT2D eigenvalue weighted by Crippen LogP contribution is 2.34. The average Bonchev–Trinajstić information content (AvgIpc) is 3.18. The third-order valence-electron chi connectivity index (χ3n) is 4.00. The van der Waals surface area contributed by atoms with E-state index in [0.717, 1.165) is 5.56 Å². The van der Waals surface area contributed by atoms with E-state index in [2.05, 4.69) is 5.32 Å². The van der Waals surface area contributed by atoms with Crippen LogP contribution in [0.15, 0.2) is 35.0 Å². The number of fused-ring (bicyclic) bond motifs is 1. The maximum Gasteiger partial charge on any atom is 0.339 e. The molecule has 0 fully saturated rings. The average molecular weight is 375 g/mol. The lowest BCUT2D eigenvalue weighted by molar-refractivity contribution is -0.125. The molecule has 0 unspecified atom stereocenters. The molecule has 2 aromatic rings. The summed E-state index contributed by atoms with van der Waals surface area (Å²) in [5, 5.41) is 6.40. The molecule has 0 radical (unpaired) electrons. The number of hydrogen-bond donors (Lipinski definition) is 1. The Bertz CT molecular complexity index is 772. The van der Waals surface area contributed by atoms with Gasteiger partial charge in [-0.2, -0.15) is 11.3 Å². The molecule has 1 aromatic carbocycles. The zero-order valence-corrected chi connectivity index (χ0v) is 15.5. The monoisotopic (exact) mass is 375 g/mol. The van der Waals surface area contributed by atoms with E-state index in [-0.39, 0.29) is 24.5 Å². The highest BCUT2D eigenvalue weighted by molar-refractivity contribution is 7.08. The van der Waals surface area contributed by atoms with Gasteiger partial charge >= 0.3 is 5.97 Å². The van der Waals surface area contributed by atoms with E-state index in [0.29, 0.717) is 30.3 Å². The molecule has 0 saturated carbocycles. The van der Waals surface area contributed by atoms with Crippen LogP contribution in [0.5, 0.6) is 11.5 Å². The molecule has 1 aromatic heterocycles. The van der Waals surface area contributed by atoms with E-state index in [1.165, 1.54) is 11.3 Å². The second-order valence-corrected chi connectivity index (χ2v) is 7.06. The summed E-state index contributed by atoms with van der Waals surface area (Å²) < 4.78 is 16.2. The van der Waals surface area contributed by atoms with Crippen LogP contribution in [-0.2, 0) is 9.53 Å². The van der Waals surface area contributed by atoms with Crippen molar-refractivity contribution in [1.29, 1.82) is 0 Å². The molecule has 1 aliphatic rings. The Morgan fingerprint density at radius 3 is 2.65 bits per heavy atom. The van der Waals surface area contributed by atoms with Gasteiger partial charge < -0.3 is 19.5 Å². The SMILES string of the molecule is CC(C)[C@@H](NC(=O)COC(=O)c1ccsc1)c1ccc2c(c1)OCCO2. The van der Waals surface area contributed by atoms with Gasteiger partial charge in [0.1, 0.15) is 13.2 Å². The van der Waals surface area contributed by atoms with Crippen molar-refractivity contribution in [2.45, 2.75) is 19.9 Å². The van der Waals surface area contributed by atoms with Gasteiger partial charge in [0, 0.05) is 5.38 Å². The molecular formula is C19H21NO5S. The molecule has 6 nitrogen and oxygen atoms in total. The van der Waals surface area contributed by atoms with Gasteiger partial charge in [0.05, 0.1) is 11.6 Å². The first-order chi connectivity index (χ1) is 12.5. The van der Waals surface area contributed by atoms with Crippen LogP contribution in [0, 0.1) is 5.92 Å². The second kappa shape index (κ2) is 8.23. The van der Waals surface area contributed by atoms with Crippen molar-refractivity contribution in [2.75, 3.05) is 19.8 Å². The van der Waals surface area contributed by atoms with Crippen LogP contribution in [0.4, 0.5) is 0 Å². The number of hydrogen-bond acceptors (Lipinski definition) is 6. The normalized spacial score (nSPS) is 14.0. The van der Waals surface area contributed by atoms with Crippen LogP contribution < -0.4 is 14.8 Å². The standard InChI is InChI=1S/C19H21NO5S/c1-12(2)18(13-3-4-15-16(9-13)24-7-6-23-15)20-17(21)10-25-19(22)14-5-8-26-11-14/h3-5,8-9,11-12,18H,6-7,10H2,1-2H3,(H,20,21)/t18-/m1/s1. The topological polar surface area (TPSA) is 73.9 Å². The molecule has 7 heteroatoms. The lowest BCUT2D eigenvalue weighted by atomic mass is 9.95. The number of thiophene rings is 1. The van der Waals surface area contributed by atoms with E-state index in [1.54, 1.807) is 16.8 Å². The van der Waals surface area contributed by atoms with Gasteiger partial charge in [0.2, 0.25) is 0 Å². The number of ether oxygens (including phenoxy) is 3. The molecule has 26 heavy (non-hydrogen) atoms. The molecule has 138 valence electrons. The first kappa shape index (κ1) is 18.3. The molecule has 1 amide bonds. The number of nitrogens with one attached hydrogen (secondary N) is 1. The van der Waals surface area contributed by atoms with E-state index < -0.39 is 5.97 Å². The predicted octanol–water partition coefficient (Wildman–Crippen LogP) is 3.19. The van der Waals surface area contributed by atoms with E-state index in [9.17, 15) is 9.59 Å². The van der Waals surface area contributed by atoms with Crippen LogP contribution in [0.1, 0.15) is 35.8 Å². The zero-order chi connectivity index (χ0) is 18.5. The summed E-state index contributed by atoms with van der Waals surface area (Å²) in [5.74, 6) is 0.689. The first-order valence-electron chi connectivity index (χ1n) is 8.43. The van der Waals surface area contributed by atoms with Gasteiger partial charge in [-0.25, -0.2) is 4.79 Å². The maximum absolute atomic E-state index is 12.3. The number of amides is 1. The van der Waals surface area contributed by atoms with Crippen molar-refractivity contribution in [3.63, 3.8) is 0 Å². The molecule has 0 aliphatic carbocycles. The van der Waals surface area contributed by atoms with Crippen molar-refractivity contribution in [3.8, 4) is 11.5 Å². The number of benzene rings is 1. The van der Waals surface area contributed by atoms with Gasteiger partial charge in [0.25, 0.3) is 5.91 Å². The summed E-state index contributed by atoms with van der Waals surface area (Å²) in [6, 6.07) is 7.09. The fourth-order valence-electron chi connectivity index (χ4n) is 2.70. The number of rotatable bonds is 6. The summed E-state index contributed by atoms with van der Waals surface area (Å²) in [6.45, 7) is 4.75. The zero-order valence-electron chi connectivity index (χ0n) is 14.7. The maximum atomic E-state index is 12.3. The number of esters is 1. The third-order valence-corrected chi connectivity index (χ3v) is 4.68. The lowest BCUT2D eigenvalue weighted by Crippen LogP contribution is -2.35. The molecule has 3 rings (SSSR count). The van der Waals surface area contributed by atoms with Crippen molar-refractivity contribution < 1.29 is 23.8 Å². The Balaban J connectivity index is 1.63. The highest BCUT2D eigenvalue weighted by Gasteiger charge is 2.22. The summed E-state index contributed by atoms with van der Waals surface area (Å²) in [4.78, 5) is 24.1. The number of carbonyl (C=O) groups is 2. The summed E-state index contributed by atoms with van der Waals surface area (Å²) in [7, 11) is 0. The third kappa shape index (κ3) is 4.35. The van der Waals surface area contributed by atoms with Crippen LogP contribution >= 0.6 is 11.3 Å². The minimum Gasteiger partial charge on any atom is -0.486 e. The largest absolute Gasteiger partial charge is 0.486 e. The van der Waals surface area contributed by atoms with Gasteiger partial charge in [-0.05, 0) is 35.1 Å². The molecule has 0 saturated heterocycles. The van der Waals surface area contributed by atoms with Gasteiger partial charge in [-0.15, -0.1) is 0 Å². The Morgan fingerprint density at radius 2 is 1.96 bits per heavy atom. The number of carbonyl (C=O) groups excluding carboxylic acids is 2. The van der Waals surface area contributed by atoms with Crippen molar-refractivity contribution in [2.24, 2.45) is 5.92 Å². The molecule has 1 atom stereocenters. The molecule has 1 aliphatic heterocycles. The van der Waals surface area contributed by atoms with Crippen LogP contribution in [-0.4, -0.2) is 31.7 Å². The smallest absolute Gasteiger partial charge is 0.339 e.